The minimum Gasteiger partial charge on any atom is -0.331 e. The van der Waals surface area contributed by atoms with Gasteiger partial charge in [-0.05, 0) is 194 Å². The molecule has 0 radical (unpaired) electrons. The topological polar surface area (TPSA) is 3.24 Å². The van der Waals surface area contributed by atoms with Gasteiger partial charge < -0.3 is 4.90 Å². The maximum absolute atomic E-state index is 4.90. The van der Waals surface area contributed by atoms with E-state index in [2.05, 4.69) is 187 Å². The molecule has 2 unspecified atom stereocenters. The fourth-order valence-corrected chi connectivity index (χ4v) is 12.4. The second kappa shape index (κ2) is 15.5. The van der Waals surface area contributed by atoms with E-state index < -0.39 is 0 Å². The van der Waals surface area contributed by atoms with E-state index in [0.717, 1.165) is 42.9 Å². The summed E-state index contributed by atoms with van der Waals surface area (Å²) in [5.74, 6) is 0.438. The van der Waals surface area contributed by atoms with Crippen LogP contribution in [-0.2, 0) is 12.8 Å². The molecule has 2 heteroatoms. The van der Waals surface area contributed by atoms with E-state index in [-0.39, 0.29) is 5.54 Å². The molecule has 0 saturated heterocycles. The largest absolute Gasteiger partial charge is 0.331 e. The molecule has 0 saturated carbocycles. The van der Waals surface area contributed by atoms with Gasteiger partial charge in [-0.2, -0.15) is 0 Å². The second-order valence-electron chi connectivity index (χ2n) is 18.8. The van der Waals surface area contributed by atoms with Gasteiger partial charge in [0.15, 0.2) is 0 Å². The SMILES string of the molecule is C=c1cc(N2c3ccc(C4=C=c5sc6c(c5=CC=C4)C=CCC6)cc3C3=CC=CCC32C)cc/c1=C(/C1=CC(C)CC=C1Cc1c(C)cc(C)cc1C)c1c(C)cc(C)cc1C. The molecular weight excluding hydrogens is 767 g/mol. The first-order valence-corrected chi connectivity index (χ1v) is 23.4. The van der Waals surface area contributed by atoms with E-state index >= 15 is 0 Å². The van der Waals surface area contributed by atoms with Crippen molar-refractivity contribution in [1.29, 1.82) is 0 Å². The molecule has 308 valence electrons. The predicted octanol–water partition coefficient (Wildman–Crippen LogP) is 12.4. The van der Waals surface area contributed by atoms with Crippen molar-refractivity contribution >= 4 is 63.9 Å². The van der Waals surface area contributed by atoms with Crippen molar-refractivity contribution in [3.63, 3.8) is 0 Å². The van der Waals surface area contributed by atoms with Crippen LogP contribution in [0.25, 0.3) is 41.2 Å². The Morgan fingerprint density at radius 3 is 2.37 bits per heavy atom. The minimum absolute atomic E-state index is 0.237. The summed E-state index contributed by atoms with van der Waals surface area (Å²) in [6.45, 7) is 23.2. The monoisotopic (exact) mass is 823 g/mol. The van der Waals surface area contributed by atoms with Crippen molar-refractivity contribution in [3.05, 3.63) is 207 Å². The summed E-state index contributed by atoms with van der Waals surface area (Å²) in [6, 6.07) is 23.6. The Labute approximate surface area is 372 Å². The highest BCUT2D eigenvalue weighted by Crippen LogP contribution is 2.54. The van der Waals surface area contributed by atoms with Gasteiger partial charge in [0.25, 0.3) is 0 Å². The number of aryl methyl sites for hydroxylation is 7. The zero-order chi connectivity index (χ0) is 43.0. The van der Waals surface area contributed by atoms with Crippen molar-refractivity contribution in [3.8, 4) is 0 Å². The molecule has 0 spiro atoms. The van der Waals surface area contributed by atoms with Gasteiger partial charge >= 0.3 is 0 Å². The van der Waals surface area contributed by atoms with Gasteiger partial charge in [-0.3, -0.25) is 0 Å². The van der Waals surface area contributed by atoms with Gasteiger partial charge in [0.1, 0.15) is 0 Å². The summed E-state index contributed by atoms with van der Waals surface area (Å²) in [4.78, 5) is 4.07. The van der Waals surface area contributed by atoms with Crippen molar-refractivity contribution < 1.29 is 0 Å². The van der Waals surface area contributed by atoms with Crippen molar-refractivity contribution in [2.24, 2.45) is 5.92 Å². The molecular formula is C60H57NS. The van der Waals surface area contributed by atoms with Crippen LogP contribution < -0.4 is 25.1 Å². The zero-order valence-corrected chi connectivity index (χ0v) is 38.5. The first kappa shape index (κ1) is 40.2. The Bertz CT molecular complexity index is 3200. The third kappa shape index (κ3) is 6.76. The van der Waals surface area contributed by atoms with Gasteiger partial charge in [0.05, 0.1) is 10.1 Å². The highest BCUT2D eigenvalue weighted by molar-refractivity contribution is 7.10. The van der Waals surface area contributed by atoms with Crippen LogP contribution in [0.1, 0.15) is 99.2 Å². The number of thiophene rings is 1. The first-order chi connectivity index (χ1) is 29.9. The number of rotatable bonds is 6. The van der Waals surface area contributed by atoms with E-state index in [9.17, 15) is 0 Å². The standard InChI is InChI=1S/C60H57NS/c1-36-20-21-46(34-51-39(4)27-37(2)28-40(51)5)52(31-36)59(58-42(7)29-38(3)30-43(58)8)48-24-23-47(32-41(48)6)61-55-25-22-45(33-53(55)54-18-12-13-26-60(54,61)9)44-15-14-17-50-49-16-10-11-19-56(49)62-57(50)35-44/h10,12-18,21-25,27-33,36H,6,11,19-20,26,34H2,1-5,7-9H3/b59-48+. The third-order valence-electron chi connectivity index (χ3n) is 14.0. The molecule has 0 amide bonds. The maximum Gasteiger partial charge on any atom is 0.0776 e. The number of nitrogens with zero attached hydrogens (tertiary/aromatic N) is 1. The third-order valence-corrected chi connectivity index (χ3v) is 15.2. The molecule has 5 aliphatic rings. The average molecular weight is 824 g/mol. The van der Waals surface area contributed by atoms with Crippen LogP contribution in [0.4, 0.5) is 11.4 Å². The van der Waals surface area contributed by atoms with Crippen LogP contribution in [0.2, 0.25) is 0 Å². The molecule has 5 aromatic rings. The average Bonchev–Trinajstić information content (AvgIpc) is 3.61. The number of allylic oxidation sites excluding steroid dienone is 10. The fourth-order valence-electron chi connectivity index (χ4n) is 11.2. The predicted molar refractivity (Wildman–Crippen MR) is 269 cm³/mol. The lowest BCUT2D eigenvalue weighted by Gasteiger charge is -2.39. The van der Waals surface area contributed by atoms with Gasteiger partial charge in [-0.15, -0.1) is 11.3 Å². The van der Waals surface area contributed by atoms with Crippen LogP contribution >= 0.6 is 11.3 Å². The molecule has 1 aromatic heterocycles. The number of hydrogen-bond acceptors (Lipinski definition) is 2. The van der Waals surface area contributed by atoms with E-state index in [1.165, 1.54) is 115 Å². The molecule has 1 aliphatic heterocycles. The van der Waals surface area contributed by atoms with Gasteiger partial charge in [-0.25, -0.2) is 0 Å². The van der Waals surface area contributed by atoms with Crippen molar-refractivity contribution in [2.75, 3.05) is 4.90 Å². The van der Waals surface area contributed by atoms with Gasteiger partial charge in [0, 0.05) is 32.6 Å². The fraction of sp³-hybridized carbons (Fsp3) is 0.250. The Kier molecular flexibility index (Phi) is 10.0. The zero-order valence-electron chi connectivity index (χ0n) is 37.7. The minimum atomic E-state index is -0.237. The van der Waals surface area contributed by atoms with Gasteiger partial charge in [-0.1, -0.05) is 121 Å². The van der Waals surface area contributed by atoms with Crippen LogP contribution in [-0.4, -0.2) is 5.54 Å². The Morgan fingerprint density at radius 1 is 0.855 bits per heavy atom. The lowest BCUT2D eigenvalue weighted by Crippen LogP contribution is -2.41. The Morgan fingerprint density at radius 2 is 1.61 bits per heavy atom. The van der Waals surface area contributed by atoms with E-state index in [4.69, 9.17) is 6.58 Å². The molecule has 0 N–H and O–H groups in total. The maximum atomic E-state index is 4.90. The van der Waals surface area contributed by atoms with E-state index in [0.29, 0.717) is 5.92 Å². The highest BCUT2D eigenvalue weighted by atomic mass is 32.1. The molecule has 2 heterocycles. The van der Waals surface area contributed by atoms with Crippen molar-refractivity contribution in [1.82, 2.24) is 0 Å². The first-order valence-electron chi connectivity index (χ1n) is 22.6. The molecule has 10 rings (SSSR count). The summed E-state index contributed by atoms with van der Waals surface area (Å²) < 4.78 is 1.24. The van der Waals surface area contributed by atoms with E-state index in [1.807, 2.05) is 11.3 Å². The summed E-state index contributed by atoms with van der Waals surface area (Å²) in [5.41, 5.74) is 27.3. The van der Waals surface area contributed by atoms with Crippen LogP contribution in [0.15, 0.2) is 120 Å². The smallest absolute Gasteiger partial charge is 0.0776 e. The molecule has 2 atom stereocenters. The lowest BCUT2D eigenvalue weighted by molar-refractivity contribution is 0.607. The second-order valence-corrected chi connectivity index (χ2v) is 19.9. The van der Waals surface area contributed by atoms with E-state index in [1.54, 1.807) is 0 Å². The summed E-state index contributed by atoms with van der Waals surface area (Å²) in [6.07, 6.45) is 28.5. The van der Waals surface area contributed by atoms with Crippen LogP contribution in [0, 0.1) is 47.5 Å². The molecule has 4 aromatic carbocycles. The van der Waals surface area contributed by atoms with Gasteiger partial charge in [0.2, 0.25) is 0 Å². The Balaban J connectivity index is 1.13. The Hall–Kier alpha value is -5.92. The normalized spacial score (nSPS) is 20.1. The number of hydrogen-bond donors (Lipinski definition) is 0. The summed E-state index contributed by atoms with van der Waals surface area (Å²) >= 11 is 1.91. The molecule has 62 heavy (non-hydrogen) atoms. The molecule has 4 aliphatic carbocycles. The lowest BCUT2D eigenvalue weighted by atomic mass is 9.78. The molecule has 0 fully saturated rings. The highest BCUT2D eigenvalue weighted by Gasteiger charge is 2.45. The van der Waals surface area contributed by atoms with Crippen LogP contribution in [0.5, 0.6) is 0 Å². The molecule has 1 nitrogen and oxygen atoms in total. The number of anilines is 2. The number of fused-ring (bicyclic) bond motifs is 6. The summed E-state index contributed by atoms with van der Waals surface area (Å²) in [7, 11) is 0. The quantitative estimate of drug-likeness (QED) is 0.165. The summed E-state index contributed by atoms with van der Waals surface area (Å²) in [5, 5.41) is 3.56. The van der Waals surface area contributed by atoms with Crippen LogP contribution in [0.3, 0.4) is 0 Å². The molecule has 0 bridgehead atoms. The van der Waals surface area contributed by atoms with Crippen molar-refractivity contribution in [2.45, 2.75) is 93.0 Å². The number of benzene rings is 4.